The molecular formula is C15H30N2O. The van der Waals surface area contributed by atoms with Crippen LogP contribution in [-0.2, 0) is 4.79 Å². The van der Waals surface area contributed by atoms with E-state index in [1.54, 1.807) is 0 Å². The first-order chi connectivity index (χ1) is 8.49. The molecule has 1 saturated heterocycles. The van der Waals surface area contributed by atoms with Crippen molar-refractivity contribution in [2.45, 2.75) is 53.4 Å². The molecule has 1 heterocycles. The average molecular weight is 254 g/mol. The van der Waals surface area contributed by atoms with Gasteiger partial charge >= 0.3 is 0 Å². The third-order valence-electron chi connectivity index (χ3n) is 4.58. The number of likely N-dealkylation sites (tertiary alicyclic amines) is 1. The highest BCUT2D eigenvalue weighted by atomic mass is 16.2. The van der Waals surface area contributed by atoms with Gasteiger partial charge in [-0.2, -0.15) is 0 Å². The molecule has 0 aromatic heterocycles. The largest absolute Gasteiger partial charge is 0.342 e. The molecule has 0 spiro atoms. The molecule has 2 N–H and O–H groups in total. The monoisotopic (exact) mass is 254 g/mol. The Hall–Kier alpha value is -0.570. The molecule has 106 valence electrons. The van der Waals surface area contributed by atoms with Crippen LogP contribution in [0.1, 0.15) is 53.4 Å². The molecule has 1 fully saturated rings. The molecule has 1 rings (SSSR count). The summed E-state index contributed by atoms with van der Waals surface area (Å²) < 4.78 is 0. The standard InChI is InChI=1S/C15H30N2O/c1-5-15(6-2,11-16)14(18)17-8-7-13(10-17)9-12(3)4/h12-13H,5-11,16H2,1-4H3. The molecule has 1 aliphatic rings. The Morgan fingerprint density at radius 3 is 2.44 bits per heavy atom. The minimum atomic E-state index is -0.313. The Balaban J connectivity index is 2.63. The summed E-state index contributed by atoms with van der Waals surface area (Å²) in [5.41, 5.74) is 5.55. The van der Waals surface area contributed by atoms with Crippen molar-refractivity contribution in [3.05, 3.63) is 0 Å². The van der Waals surface area contributed by atoms with Crippen LogP contribution in [0.15, 0.2) is 0 Å². The number of amides is 1. The smallest absolute Gasteiger partial charge is 0.230 e. The second-order valence-electron chi connectivity index (χ2n) is 6.23. The Bertz CT molecular complexity index is 263. The van der Waals surface area contributed by atoms with Crippen molar-refractivity contribution in [3.8, 4) is 0 Å². The zero-order chi connectivity index (χ0) is 13.8. The molecule has 0 aromatic rings. The van der Waals surface area contributed by atoms with Gasteiger partial charge in [0.2, 0.25) is 5.91 Å². The number of rotatable bonds is 6. The number of carbonyl (C=O) groups is 1. The Morgan fingerprint density at radius 1 is 1.39 bits per heavy atom. The van der Waals surface area contributed by atoms with E-state index in [0.29, 0.717) is 18.4 Å². The summed E-state index contributed by atoms with van der Waals surface area (Å²) in [5, 5.41) is 0. The summed E-state index contributed by atoms with van der Waals surface area (Å²) >= 11 is 0. The highest BCUT2D eigenvalue weighted by Crippen LogP contribution is 2.31. The van der Waals surface area contributed by atoms with Gasteiger partial charge in [0.05, 0.1) is 5.41 Å². The van der Waals surface area contributed by atoms with Crippen molar-refractivity contribution >= 4 is 5.91 Å². The fraction of sp³-hybridized carbons (Fsp3) is 0.933. The van der Waals surface area contributed by atoms with Gasteiger partial charge in [0.25, 0.3) is 0 Å². The average Bonchev–Trinajstić information content (AvgIpc) is 2.79. The fourth-order valence-corrected chi connectivity index (χ4v) is 3.14. The lowest BCUT2D eigenvalue weighted by Gasteiger charge is -2.33. The number of carbonyl (C=O) groups excluding carboxylic acids is 1. The molecule has 0 aromatic carbocycles. The summed E-state index contributed by atoms with van der Waals surface area (Å²) in [6.45, 7) is 11.0. The minimum Gasteiger partial charge on any atom is -0.342 e. The second-order valence-corrected chi connectivity index (χ2v) is 6.23. The van der Waals surface area contributed by atoms with Crippen LogP contribution in [0, 0.1) is 17.3 Å². The summed E-state index contributed by atoms with van der Waals surface area (Å²) in [6.07, 6.45) is 4.10. The topological polar surface area (TPSA) is 46.3 Å². The minimum absolute atomic E-state index is 0.293. The van der Waals surface area contributed by atoms with Crippen LogP contribution >= 0.6 is 0 Å². The first-order valence-corrected chi connectivity index (χ1v) is 7.48. The van der Waals surface area contributed by atoms with Gasteiger partial charge in [-0.3, -0.25) is 4.79 Å². The maximum atomic E-state index is 12.6. The molecule has 0 bridgehead atoms. The maximum Gasteiger partial charge on any atom is 0.230 e. The summed E-state index contributed by atoms with van der Waals surface area (Å²) in [7, 11) is 0. The highest BCUT2D eigenvalue weighted by molar-refractivity contribution is 5.83. The van der Waals surface area contributed by atoms with Crippen LogP contribution in [0.5, 0.6) is 0 Å². The van der Waals surface area contributed by atoms with E-state index in [9.17, 15) is 4.79 Å². The van der Waals surface area contributed by atoms with Crippen molar-refractivity contribution in [2.24, 2.45) is 23.0 Å². The Kier molecular flexibility index (Phi) is 5.64. The number of hydrogen-bond acceptors (Lipinski definition) is 2. The third-order valence-corrected chi connectivity index (χ3v) is 4.58. The molecule has 1 unspecified atom stereocenters. The van der Waals surface area contributed by atoms with E-state index in [4.69, 9.17) is 5.73 Å². The number of nitrogens with two attached hydrogens (primary N) is 1. The molecular weight excluding hydrogens is 224 g/mol. The first-order valence-electron chi connectivity index (χ1n) is 7.48. The van der Waals surface area contributed by atoms with Crippen LogP contribution in [0.2, 0.25) is 0 Å². The molecule has 0 saturated carbocycles. The van der Waals surface area contributed by atoms with Gasteiger partial charge in [-0.15, -0.1) is 0 Å². The van der Waals surface area contributed by atoms with Gasteiger partial charge in [-0.05, 0) is 37.5 Å². The lowest BCUT2D eigenvalue weighted by Crippen LogP contribution is -2.46. The molecule has 0 radical (unpaired) electrons. The zero-order valence-corrected chi connectivity index (χ0v) is 12.5. The SMILES string of the molecule is CCC(CC)(CN)C(=O)N1CCC(CC(C)C)C1. The first kappa shape index (κ1) is 15.5. The molecule has 3 heteroatoms. The maximum absolute atomic E-state index is 12.6. The van der Waals surface area contributed by atoms with Gasteiger partial charge in [0.1, 0.15) is 0 Å². The van der Waals surface area contributed by atoms with Crippen LogP contribution in [0.3, 0.4) is 0 Å². The van der Waals surface area contributed by atoms with Crippen LogP contribution in [0.25, 0.3) is 0 Å². The normalized spacial score (nSPS) is 20.8. The van der Waals surface area contributed by atoms with Crippen molar-refractivity contribution in [2.75, 3.05) is 19.6 Å². The highest BCUT2D eigenvalue weighted by Gasteiger charge is 2.39. The van der Waals surface area contributed by atoms with Gasteiger partial charge in [0, 0.05) is 19.6 Å². The molecule has 0 aliphatic carbocycles. The molecule has 1 aliphatic heterocycles. The van der Waals surface area contributed by atoms with Crippen molar-refractivity contribution in [1.82, 2.24) is 4.90 Å². The van der Waals surface area contributed by atoms with E-state index in [1.807, 2.05) is 0 Å². The zero-order valence-electron chi connectivity index (χ0n) is 12.5. The van der Waals surface area contributed by atoms with Crippen LogP contribution < -0.4 is 5.73 Å². The molecule has 1 atom stereocenters. The quantitative estimate of drug-likeness (QED) is 0.792. The van der Waals surface area contributed by atoms with E-state index in [0.717, 1.165) is 38.3 Å². The predicted molar refractivity (Wildman–Crippen MR) is 76.2 cm³/mol. The predicted octanol–water partition coefficient (Wildman–Crippen LogP) is 2.65. The summed E-state index contributed by atoms with van der Waals surface area (Å²) in [6, 6.07) is 0. The van der Waals surface area contributed by atoms with Gasteiger partial charge in [0.15, 0.2) is 0 Å². The Morgan fingerprint density at radius 2 is 2.00 bits per heavy atom. The summed E-state index contributed by atoms with van der Waals surface area (Å²) in [5.74, 6) is 1.71. The van der Waals surface area contributed by atoms with Crippen LogP contribution in [-0.4, -0.2) is 30.4 Å². The van der Waals surface area contributed by atoms with Gasteiger partial charge in [-0.1, -0.05) is 27.7 Å². The lowest BCUT2D eigenvalue weighted by molar-refractivity contribution is -0.141. The summed E-state index contributed by atoms with van der Waals surface area (Å²) in [4.78, 5) is 14.7. The van der Waals surface area contributed by atoms with Crippen LogP contribution in [0.4, 0.5) is 0 Å². The fourth-order valence-electron chi connectivity index (χ4n) is 3.14. The molecule has 3 nitrogen and oxygen atoms in total. The van der Waals surface area contributed by atoms with E-state index in [2.05, 4.69) is 32.6 Å². The van der Waals surface area contributed by atoms with Crippen molar-refractivity contribution in [3.63, 3.8) is 0 Å². The lowest BCUT2D eigenvalue weighted by atomic mass is 9.81. The molecule has 18 heavy (non-hydrogen) atoms. The third kappa shape index (κ3) is 3.25. The Labute approximate surface area is 112 Å². The van der Waals surface area contributed by atoms with E-state index >= 15 is 0 Å². The van der Waals surface area contributed by atoms with Gasteiger partial charge < -0.3 is 10.6 Å². The van der Waals surface area contributed by atoms with E-state index < -0.39 is 0 Å². The van der Waals surface area contributed by atoms with Crippen molar-refractivity contribution in [1.29, 1.82) is 0 Å². The van der Waals surface area contributed by atoms with Gasteiger partial charge in [-0.25, -0.2) is 0 Å². The second kappa shape index (κ2) is 6.55. The van der Waals surface area contributed by atoms with E-state index in [-0.39, 0.29) is 5.41 Å². The number of nitrogens with zero attached hydrogens (tertiary/aromatic N) is 1. The molecule has 1 amide bonds. The van der Waals surface area contributed by atoms with E-state index in [1.165, 1.54) is 6.42 Å². The van der Waals surface area contributed by atoms with Crippen molar-refractivity contribution < 1.29 is 4.79 Å². The number of hydrogen-bond donors (Lipinski definition) is 1.